The minimum absolute atomic E-state index is 0.0820. The van der Waals surface area contributed by atoms with Gasteiger partial charge in [0.25, 0.3) is 10.0 Å². The Bertz CT molecular complexity index is 1710. The van der Waals surface area contributed by atoms with Crippen LogP contribution in [0, 0.1) is 26.7 Å². The van der Waals surface area contributed by atoms with Crippen LogP contribution in [0.4, 0.5) is 5.69 Å². The van der Waals surface area contributed by atoms with Crippen molar-refractivity contribution in [1.29, 1.82) is 0 Å². The Hall–Kier alpha value is -4.43. The average Bonchev–Trinajstić information content (AvgIpc) is 3.01. The van der Waals surface area contributed by atoms with Gasteiger partial charge in [0, 0.05) is 19.5 Å². The van der Waals surface area contributed by atoms with Gasteiger partial charge in [-0.15, -0.1) is 0 Å². The molecule has 0 aromatic heterocycles. The van der Waals surface area contributed by atoms with Crippen molar-refractivity contribution in [3.63, 3.8) is 0 Å². The molecule has 4 aromatic carbocycles. The van der Waals surface area contributed by atoms with Gasteiger partial charge in [-0.2, -0.15) is 0 Å². The summed E-state index contributed by atoms with van der Waals surface area (Å²) in [7, 11) is -4.14. The molecule has 1 unspecified atom stereocenters. The topological polar surface area (TPSA) is 86.8 Å². The first-order valence-electron chi connectivity index (χ1n) is 15.3. The maximum atomic E-state index is 14.6. The Balaban J connectivity index is 1.82. The summed E-state index contributed by atoms with van der Waals surface area (Å²) < 4.78 is 29.5. The highest BCUT2D eigenvalue weighted by Gasteiger charge is 2.35. The van der Waals surface area contributed by atoms with Gasteiger partial charge in [-0.25, -0.2) is 8.42 Å². The summed E-state index contributed by atoms with van der Waals surface area (Å²) in [6.45, 7) is 9.88. The van der Waals surface area contributed by atoms with Crippen molar-refractivity contribution in [2.75, 3.05) is 17.4 Å². The fraction of sp³-hybridized carbons (Fsp3) is 0.297. The third-order valence-corrected chi connectivity index (χ3v) is 9.40. The lowest BCUT2D eigenvalue weighted by atomic mass is 10.0. The standard InChI is InChI=1S/C37H43N3O4S/c1-27(2)24-38-37(42)35(23-31-14-8-6-9-15-31)39(25-32-16-12-13-28(3)22-32)36(41)26-40(34-20-19-29(4)21-30(34)5)45(43,44)33-17-10-7-11-18-33/h6-22,27,35H,23-26H2,1-5H3,(H,38,42). The summed E-state index contributed by atoms with van der Waals surface area (Å²) in [5.41, 5.74) is 4.88. The van der Waals surface area contributed by atoms with E-state index in [9.17, 15) is 18.0 Å². The molecule has 1 N–H and O–H groups in total. The zero-order valence-electron chi connectivity index (χ0n) is 26.7. The largest absolute Gasteiger partial charge is 0.354 e. The molecular formula is C37H43N3O4S. The molecule has 45 heavy (non-hydrogen) atoms. The van der Waals surface area contributed by atoms with E-state index in [2.05, 4.69) is 5.32 Å². The van der Waals surface area contributed by atoms with Gasteiger partial charge in [0.05, 0.1) is 10.6 Å². The fourth-order valence-corrected chi connectivity index (χ4v) is 6.80. The van der Waals surface area contributed by atoms with Crippen LogP contribution in [0.1, 0.15) is 41.7 Å². The smallest absolute Gasteiger partial charge is 0.264 e. The van der Waals surface area contributed by atoms with Gasteiger partial charge in [0.15, 0.2) is 0 Å². The number of anilines is 1. The first kappa shape index (κ1) is 33.5. The number of benzene rings is 4. The van der Waals surface area contributed by atoms with Crippen LogP contribution >= 0.6 is 0 Å². The number of aryl methyl sites for hydroxylation is 3. The van der Waals surface area contributed by atoms with Gasteiger partial charge in [-0.05, 0) is 61.6 Å². The lowest BCUT2D eigenvalue weighted by Gasteiger charge is -2.34. The molecule has 0 aliphatic carbocycles. The Morgan fingerprint density at radius 2 is 1.38 bits per heavy atom. The number of nitrogens with one attached hydrogen (secondary N) is 1. The first-order valence-corrected chi connectivity index (χ1v) is 16.7. The van der Waals surface area contributed by atoms with E-state index in [0.717, 1.165) is 27.8 Å². The Kier molecular flexibility index (Phi) is 11.2. The average molecular weight is 626 g/mol. The van der Waals surface area contributed by atoms with Crippen molar-refractivity contribution in [2.24, 2.45) is 5.92 Å². The van der Waals surface area contributed by atoms with Crippen molar-refractivity contribution in [3.05, 3.63) is 131 Å². The molecule has 236 valence electrons. The van der Waals surface area contributed by atoms with E-state index < -0.39 is 28.5 Å². The fourth-order valence-electron chi connectivity index (χ4n) is 5.30. The van der Waals surface area contributed by atoms with Crippen LogP contribution in [0.15, 0.2) is 108 Å². The second kappa shape index (κ2) is 15.0. The van der Waals surface area contributed by atoms with Crippen molar-refractivity contribution in [3.8, 4) is 0 Å². The van der Waals surface area contributed by atoms with Gasteiger partial charge in [0.2, 0.25) is 11.8 Å². The molecule has 0 saturated heterocycles. The Labute approximate surface area is 268 Å². The summed E-state index contributed by atoms with van der Waals surface area (Å²) in [6, 6.07) is 30.1. The minimum atomic E-state index is -4.14. The zero-order valence-corrected chi connectivity index (χ0v) is 27.6. The number of rotatable bonds is 13. The molecule has 0 bridgehead atoms. The summed E-state index contributed by atoms with van der Waals surface area (Å²) in [5, 5.41) is 3.03. The van der Waals surface area contributed by atoms with E-state index >= 15 is 0 Å². The van der Waals surface area contributed by atoms with Crippen molar-refractivity contribution >= 4 is 27.5 Å². The molecular weight excluding hydrogens is 582 g/mol. The van der Waals surface area contributed by atoms with Gasteiger partial charge in [0.1, 0.15) is 12.6 Å². The summed E-state index contributed by atoms with van der Waals surface area (Å²) in [4.78, 5) is 30.1. The molecule has 7 nitrogen and oxygen atoms in total. The molecule has 8 heteroatoms. The number of sulfonamides is 1. The van der Waals surface area contributed by atoms with Crippen LogP contribution in [0.3, 0.4) is 0 Å². The van der Waals surface area contributed by atoms with Crippen molar-refractivity contribution in [1.82, 2.24) is 10.2 Å². The summed E-state index contributed by atoms with van der Waals surface area (Å²) in [5.74, 6) is -0.544. The molecule has 2 amide bonds. The molecule has 4 rings (SSSR count). The molecule has 0 radical (unpaired) electrons. The predicted molar refractivity (Wildman–Crippen MR) is 180 cm³/mol. The van der Waals surface area contributed by atoms with Crippen LogP contribution < -0.4 is 9.62 Å². The van der Waals surface area contributed by atoms with E-state index in [1.807, 2.05) is 101 Å². The maximum Gasteiger partial charge on any atom is 0.264 e. The van der Waals surface area contributed by atoms with Crippen LogP contribution in [-0.4, -0.2) is 44.3 Å². The van der Waals surface area contributed by atoms with E-state index in [4.69, 9.17) is 0 Å². The quantitative estimate of drug-likeness (QED) is 0.191. The van der Waals surface area contributed by atoms with E-state index in [1.165, 1.54) is 21.3 Å². The maximum absolute atomic E-state index is 14.6. The number of nitrogens with zero attached hydrogens (tertiary/aromatic N) is 2. The number of amides is 2. The molecule has 0 aliphatic rings. The molecule has 0 fully saturated rings. The first-order chi connectivity index (χ1) is 21.5. The highest BCUT2D eigenvalue weighted by atomic mass is 32.2. The van der Waals surface area contributed by atoms with Crippen molar-refractivity contribution in [2.45, 2.75) is 58.5 Å². The number of carbonyl (C=O) groups excluding carboxylic acids is 2. The number of hydrogen-bond acceptors (Lipinski definition) is 4. The lowest BCUT2D eigenvalue weighted by Crippen LogP contribution is -2.53. The number of hydrogen-bond donors (Lipinski definition) is 1. The second-order valence-corrected chi connectivity index (χ2v) is 13.8. The van der Waals surface area contributed by atoms with Crippen LogP contribution in [0.5, 0.6) is 0 Å². The highest BCUT2D eigenvalue weighted by molar-refractivity contribution is 7.92. The normalized spacial score (nSPS) is 12.0. The molecule has 4 aromatic rings. The third kappa shape index (κ3) is 8.82. The monoisotopic (exact) mass is 625 g/mol. The Morgan fingerprint density at radius 3 is 2.00 bits per heavy atom. The van der Waals surface area contributed by atoms with Gasteiger partial charge >= 0.3 is 0 Å². The second-order valence-electron chi connectivity index (χ2n) is 12.0. The molecule has 0 spiro atoms. The van der Waals surface area contributed by atoms with Gasteiger partial charge < -0.3 is 10.2 Å². The van der Waals surface area contributed by atoms with Crippen LogP contribution in [0.25, 0.3) is 0 Å². The SMILES string of the molecule is Cc1cccc(CN(C(=O)CN(c2ccc(C)cc2C)S(=O)(=O)c2ccccc2)C(Cc2ccccc2)C(=O)NCC(C)C)c1. The minimum Gasteiger partial charge on any atom is -0.354 e. The molecule has 0 heterocycles. The van der Waals surface area contributed by atoms with E-state index in [0.29, 0.717) is 12.2 Å². The van der Waals surface area contributed by atoms with E-state index in [-0.39, 0.29) is 29.7 Å². The van der Waals surface area contributed by atoms with Crippen LogP contribution in [0.2, 0.25) is 0 Å². The van der Waals surface area contributed by atoms with Crippen molar-refractivity contribution < 1.29 is 18.0 Å². The summed E-state index contributed by atoms with van der Waals surface area (Å²) in [6.07, 6.45) is 0.275. The predicted octanol–water partition coefficient (Wildman–Crippen LogP) is 6.22. The van der Waals surface area contributed by atoms with E-state index in [1.54, 1.807) is 24.3 Å². The molecule has 0 aliphatic heterocycles. The van der Waals surface area contributed by atoms with Gasteiger partial charge in [-0.3, -0.25) is 13.9 Å². The third-order valence-electron chi connectivity index (χ3n) is 7.62. The van der Waals surface area contributed by atoms with Crippen LogP contribution in [-0.2, 0) is 32.6 Å². The highest BCUT2D eigenvalue weighted by Crippen LogP contribution is 2.28. The Morgan fingerprint density at radius 1 is 0.756 bits per heavy atom. The number of carbonyl (C=O) groups is 2. The zero-order chi connectivity index (χ0) is 32.6. The van der Waals surface area contributed by atoms with Gasteiger partial charge in [-0.1, -0.05) is 110 Å². The molecule has 1 atom stereocenters. The molecule has 0 saturated carbocycles. The summed E-state index contributed by atoms with van der Waals surface area (Å²) >= 11 is 0. The lowest BCUT2D eigenvalue weighted by molar-refractivity contribution is -0.140.